The highest BCUT2D eigenvalue weighted by molar-refractivity contribution is 7.98. The number of nitrogens with two attached hydrogens (primary N) is 8. The van der Waals surface area contributed by atoms with Crippen LogP contribution in [0.15, 0.2) is 20.0 Å². The van der Waals surface area contributed by atoms with E-state index < -0.39 is 120 Å². The van der Waals surface area contributed by atoms with Gasteiger partial charge in [-0.2, -0.15) is 11.8 Å². The van der Waals surface area contributed by atoms with Gasteiger partial charge in [0.15, 0.2) is 23.8 Å². The lowest BCUT2D eigenvalue weighted by Crippen LogP contribution is -2.58. The number of thioether (sulfide) groups is 1. The van der Waals surface area contributed by atoms with Gasteiger partial charge in [-0.15, -0.1) is 0 Å². The summed E-state index contributed by atoms with van der Waals surface area (Å²) in [5.41, 5.74) is 43.8. The Hall–Kier alpha value is -8.40. The van der Waals surface area contributed by atoms with Gasteiger partial charge in [-0.3, -0.25) is 72.7 Å². The minimum absolute atomic E-state index is 0.0227. The number of hydrogen-bond donors (Lipinski definition) is 18. The van der Waals surface area contributed by atoms with E-state index >= 15 is 0 Å². The molecule has 0 aromatic heterocycles. The lowest BCUT2D eigenvalue weighted by Gasteiger charge is -2.27. The molecule has 0 spiro atoms. The van der Waals surface area contributed by atoms with Crippen LogP contribution in [0.1, 0.15) is 105 Å². The molecular formula is C50H93N23O11S. The first-order valence-electron chi connectivity index (χ1n) is 28.0. The van der Waals surface area contributed by atoms with E-state index in [2.05, 4.69) is 73.1 Å². The highest BCUT2D eigenvalue weighted by Gasteiger charge is 2.36. The van der Waals surface area contributed by atoms with Crippen LogP contribution in [0.25, 0.3) is 0 Å². The average molecular weight is 1220 g/mol. The number of guanidine groups is 4. The number of hydrogen-bond acceptors (Lipinski definition) is 16. The van der Waals surface area contributed by atoms with Crippen molar-refractivity contribution in [2.75, 3.05) is 64.9 Å². The van der Waals surface area contributed by atoms with Gasteiger partial charge < -0.3 is 104 Å². The van der Waals surface area contributed by atoms with Crippen molar-refractivity contribution in [2.45, 2.75) is 153 Å². The monoisotopic (exact) mass is 1220 g/mol. The van der Waals surface area contributed by atoms with Crippen LogP contribution in [0.4, 0.5) is 0 Å². The molecule has 1 aliphatic heterocycles. The Bertz CT molecular complexity index is 2360. The third-order valence-electron chi connectivity index (χ3n) is 12.7. The van der Waals surface area contributed by atoms with Crippen LogP contribution in [0.2, 0.25) is 0 Å². The number of aliphatic imine (C=N–C) groups is 4. The molecule has 0 aromatic rings. The van der Waals surface area contributed by atoms with Crippen LogP contribution in [-0.2, 0) is 52.7 Å². The van der Waals surface area contributed by atoms with Gasteiger partial charge in [0.05, 0.1) is 13.1 Å². The average Bonchev–Trinajstić information content (AvgIpc) is 4.07. The number of carbonyl (C=O) groups is 11. The van der Waals surface area contributed by atoms with E-state index in [0.717, 1.165) is 0 Å². The first kappa shape index (κ1) is 74.6. The molecule has 26 N–H and O–H groups in total. The number of nitrogens with one attached hydrogen (secondary N) is 10. The standard InChI is InChI=1S/C50H93N23O11S/c1-7-38(76)73-22-12-17-35(73)46(84)72-33(23-27(2)3)41(79)65-25-37(75)68-34(26-85-6)45(83)66-28(4)39(77)64-24-36(74)67-30(14-9-19-61-48(53)54)42(80)70-32(16-11-21-63-50(57)58)44(82)71-31(15-10-20-62-49(55)56)43(81)69-29(40(78)59-5)13-8-18-60-47(51)52/h27-35H,7-26H2,1-6H3,(H,59,78)(H,64,77)(H,65,79)(H,66,83)(H,67,74)(H,68,75)(H,69,81)(H,70,80)(H,71,82)(H,72,84)(H4,51,52,60)(H4,53,54,61)(H4,55,56,62)(H4,57,58,63)/t28-,29+,30+,31+,32+,33-,34-,35-/m0/s1. The number of nitrogens with zero attached hydrogens (tertiary/aromatic N) is 5. The molecule has 8 atom stereocenters. The molecule has 34 nitrogen and oxygen atoms in total. The topological polar surface area (TPSA) is 569 Å². The maximum Gasteiger partial charge on any atom is 0.244 e. The van der Waals surface area contributed by atoms with E-state index in [1.165, 1.54) is 30.6 Å². The van der Waals surface area contributed by atoms with E-state index in [1.54, 1.807) is 13.2 Å². The zero-order valence-electron chi connectivity index (χ0n) is 49.6. The second kappa shape index (κ2) is 40.8. The number of carbonyl (C=O) groups excluding carboxylic acids is 11. The molecule has 11 amide bonds. The minimum Gasteiger partial charge on any atom is -0.370 e. The van der Waals surface area contributed by atoms with Crippen molar-refractivity contribution >= 4 is 101 Å². The van der Waals surface area contributed by atoms with Gasteiger partial charge >= 0.3 is 0 Å². The molecule has 0 unspecified atom stereocenters. The Morgan fingerprint density at radius 3 is 1.28 bits per heavy atom. The molecule has 0 aliphatic carbocycles. The summed E-state index contributed by atoms with van der Waals surface area (Å²) < 4.78 is 0. The smallest absolute Gasteiger partial charge is 0.244 e. The maximum atomic E-state index is 14.2. The first-order chi connectivity index (χ1) is 40.1. The van der Waals surface area contributed by atoms with Crippen LogP contribution in [-0.4, -0.2) is 207 Å². The quantitative estimate of drug-likeness (QED) is 0.0154. The highest BCUT2D eigenvalue weighted by Crippen LogP contribution is 2.19. The number of likely N-dealkylation sites (tertiary alicyclic amines) is 1. The fraction of sp³-hybridized carbons (Fsp3) is 0.700. The Kier molecular flexibility index (Phi) is 35.8. The fourth-order valence-corrected chi connectivity index (χ4v) is 8.99. The third-order valence-corrected chi connectivity index (χ3v) is 13.3. The summed E-state index contributed by atoms with van der Waals surface area (Å²) in [6.07, 6.45) is 3.82. The lowest BCUT2D eigenvalue weighted by molar-refractivity contribution is -0.139. The van der Waals surface area contributed by atoms with Crippen molar-refractivity contribution in [1.82, 2.24) is 58.1 Å². The van der Waals surface area contributed by atoms with Gasteiger partial charge in [-0.05, 0) is 89.7 Å². The van der Waals surface area contributed by atoms with E-state index in [4.69, 9.17) is 45.9 Å². The van der Waals surface area contributed by atoms with Gasteiger partial charge in [-0.25, -0.2) is 0 Å². The van der Waals surface area contributed by atoms with Gasteiger partial charge in [-0.1, -0.05) is 20.8 Å². The zero-order chi connectivity index (χ0) is 64.2. The summed E-state index contributed by atoms with van der Waals surface area (Å²) in [6.45, 7) is 6.16. The van der Waals surface area contributed by atoms with Crippen LogP contribution in [0.3, 0.4) is 0 Å². The highest BCUT2D eigenvalue weighted by atomic mass is 32.2. The fourth-order valence-electron chi connectivity index (χ4n) is 8.42. The van der Waals surface area contributed by atoms with Crippen molar-refractivity contribution in [3.05, 3.63) is 0 Å². The molecular weight excluding hydrogens is 1130 g/mol. The molecule has 0 saturated carbocycles. The molecule has 1 saturated heterocycles. The summed E-state index contributed by atoms with van der Waals surface area (Å²) in [5.74, 6) is -8.39. The van der Waals surface area contributed by atoms with Crippen LogP contribution < -0.4 is 99.0 Å². The summed E-state index contributed by atoms with van der Waals surface area (Å²) in [6, 6.07) is -9.36. The molecule has 480 valence electrons. The molecule has 1 aliphatic rings. The lowest BCUT2D eigenvalue weighted by atomic mass is 10.0. The van der Waals surface area contributed by atoms with Crippen LogP contribution >= 0.6 is 11.8 Å². The van der Waals surface area contributed by atoms with Gasteiger partial charge in [0.2, 0.25) is 65.0 Å². The number of rotatable bonds is 40. The van der Waals surface area contributed by atoms with Crippen molar-refractivity contribution in [1.29, 1.82) is 0 Å². The predicted octanol–water partition coefficient (Wildman–Crippen LogP) is -7.60. The largest absolute Gasteiger partial charge is 0.370 e. The summed E-state index contributed by atoms with van der Waals surface area (Å²) in [4.78, 5) is 165. The predicted molar refractivity (Wildman–Crippen MR) is 322 cm³/mol. The number of likely N-dealkylation sites (N-methyl/N-ethyl adjacent to an activating group) is 1. The molecule has 1 rings (SSSR count). The summed E-state index contributed by atoms with van der Waals surface area (Å²) in [5, 5.41) is 25.6. The Morgan fingerprint density at radius 2 is 0.894 bits per heavy atom. The molecule has 35 heteroatoms. The van der Waals surface area contributed by atoms with E-state index in [9.17, 15) is 52.7 Å². The normalized spacial score (nSPS) is 15.0. The van der Waals surface area contributed by atoms with Crippen molar-refractivity contribution in [3.8, 4) is 0 Å². The van der Waals surface area contributed by atoms with Crippen molar-refractivity contribution in [3.63, 3.8) is 0 Å². The molecule has 1 heterocycles. The molecule has 85 heavy (non-hydrogen) atoms. The minimum atomic E-state index is -1.39. The number of amides is 11. The second-order valence-corrected chi connectivity index (χ2v) is 21.2. The molecule has 0 aromatic carbocycles. The van der Waals surface area contributed by atoms with E-state index in [0.29, 0.717) is 25.8 Å². The molecule has 0 radical (unpaired) electrons. The van der Waals surface area contributed by atoms with Crippen molar-refractivity contribution < 1.29 is 52.7 Å². The van der Waals surface area contributed by atoms with E-state index in [-0.39, 0.29) is 125 Å². The Morgan fingerprint density at radius 1 is 0.506 bits per heavy atom. The zero-order valence-corrected chi connectivity index (χ0v) is 50.4. The second-order valence-electron chi connectivity index (χ2n) is 20.2. The maximum absolute atomic E-state index is 14.2. The van der Waals surface area contributed by atoms with Crippen LogP contribution in [0.5, 0.6) is 0 Å². The van der Waals surface area contributed by atoms with Crippen LogP contribution in [0, 0.1) is 5.92 Å². The van der Waals surface area contributed by atoms with Crippen molar-refractivity contribution in [2.24, 2.45) is 71.8 Å². The summed E-state index contributed by atoms with van der Waals surface area (Å²) >= 11 is 1.20. The summed E-state index contributed by atoms with van der Waals surface area (Å²) in [7, 11) is 1.38. The first-order valence-corrected chi connectivity index (χ1v) is 29.4. The molecule has 1 fully saturated rings. The Balaban J connectivity index is 3.23. The van der Waals surface area contributed by atoms with Gasteiger partial charge in [0.1, 0.15) is 48.3 Å². The Labute approximate surface area is 499 Å². The SMILES string of the molecule is CCC(=O)N1CCC[C@H]1C(=O)N[C@@H](CC(C)C)C(=O)NCC(=O)N[C@@H](CSC)C(=O)N[C@@H](C)C(=O)NCC(=O)N[C@H](CCCN=C(N)N)C(=O)N[C@H](CCCN=C(N)N)C(=O)N[C@H](CCCN=C(N)N)C(=O)N[C@H](CCCN=C(N)N)C(=O)NC. The third kappa shape index (κ3) is 31.2. The van der Waals surface area contributed by atoms with Gasteiger partial charge in [0, 0.05) is 51.9 Å². The molecule has 0 bridgehead atoms. The van der Waals surface area contributed by atoms with E-state index in [1.807, 2.05) is 13.8 Å². The van der Waals surface area contributed by atoms with Gasteiger partial charge in [0.25, 0.3) is 0 Å².